The molecular weight excluding hydrogens is 276 g/mol. The topological polar surface area (TPSA) is 58.4 Å². The molecule has 0 amide bonds. The number of hydrogen-bond donors (Lipinski definition) is 2. The van der Waals surface area contributed by atoms with Crippen LogP contribution in [0.25, 0.3) is 0 Å². The second-order valence-electron chi connectivity index (χ2n) is 6.09. The van der Waals surface area contributed by atoms with Gasteiger partial charge in [-0.25, -0.2) is 0 Å². The molecule has 0 aliphatic heterocycles. The summed E-state index contributed by atoms with van der Waals surface area (Å²) in [5.74, 6) is 1.68. The maximum absolute atomic E-state index is 11.8. The first kappa shape index (κ1) is 16.6. The van der Waals surface area contributed by atoms with Gasteiger partial charge in [0, 0.05) is 37.4 Å². The summed E-state index contributed by atoms with van der Waals surface area (Å²) in [6, 6.07) is 5.99. The average molecular weight is 304 g/mol. The smallest absolute Gasteiger partial charge is 0.250 e. The van der Waals surface area contributed by atoms with Gasteiger partial charge in [0.25, 0.3) is 5.56 Å². The minimum atomic E-state index is 0.0845. The fraction of sp³-hybridized carbons (Fsp3) is 0.647. The van der Waals surface area contributed by atoms with Crippen LogP contribution in [0, 0.1) is 12.8 Å². The summed E-state index contributed by atoms with van der Waals surface area (Å²) in [5, 5.41) is 6.74. The van der Waals surface area contributed by atoms with Crippen LogP contribution in [0.3, 0.4) is 0 Å². The van der Waals surface area contributed by atoms with E-state index in [1.165, 1.54) is 6.42 Å². The highest BCUT2D eigenvalue weighted by molar-refractivity contribution is 5.80. The first-order valence-corrected chi connectivity index (χ1v) is 8.33. The van der Waals surface area contributed by atoms with Crippen LogP contribution in [0.15, 0.2) is 28.0 Å². The van der Waals surface area contributed by atoms with E-state index in [4.69, 9.17) is 0 Å². The maximum Gasteiger partial charge on any atom is 0.250 e. The van der Waals surface area contributed by atoms with Crippen LogP contribution >= 0.6 is 0 Å². The van der Waals surface area contributed by atoms with Gasteiger partial charge in [-0.15, -0.1) is 0 Å². The van der Waals surface area contributed by atoms with Gasteiger partial charge in [0.2, 0.25) is 0 Å². The molecule has 1 heterocycles. The number of aliphatic imine (C=N–C) groups is 1. The van der Waals surface area contributed by atoms with Crippen molar-refractivity contribution >= 4 is 5.96 Å². The predicted molar refractivity (Wildman–Crippen MR) is 91.4 cm³/mol. The number of nitrogens with zero attached hydrogens (tertiary/aromatic N) is 2. The summed E-state index contributed by atoms with van der Waals surface area (Å²) in [6.07, 6.45) is 3.19. The molecular formula is C17H28N4O. The normalized spacial score (nSPS) is 20.8. The van der Waals surface area contributed by atoms with Gasteiger partial charge in [-0.3, -0.25) is 9.79 Å². The lowest BCUT2D eigenvalue weighted by molar-refractivity contribution is 0.585. The van der Waals surface area contributed by atoms with E-state index in [0.29, 0.717) is 6.04 Å². The van der Waals surface area contributed by atoms with Crippen molar-refractivity contribution in [3.63, 3.8) is 0 Å². The fourth-order valence-corrected chi connectivity index (χ4v) is 2.50. The largest absolute Gasteiger partial charge is 0.357 e. The van der Waals surface area contributed by atoms with E-state index in [1.54, 1.807) is 6.07 Å². The second kappa shape index (κ2) is 8.01. The molecule has 1 fully saturated rings. The standard InChI is InChI=1S/C17H28N4O/c1-4-18-17(20-15-12-13(15)2)19-10-5-6-11-21-14(3)8-7-9-16(21)22/h7-9,13,15H,4-6,10-12H2,1-3H3,(H2,18,19,20). The van der Waals surface area contributed by atoms with Gasteiger partial charge in [0.15, 0.2) is 5.96 Å². The Kier molecular flexibility index (Phi) is 6.04. The van der Waals surface area contributed by atoms with Gasteiger partial charge in [-0.1, -0.05) is 13.0 Å². The maximum atomic E-state index is 11.8. The van der Waals surface area contributed by atoms with Crippen molar-refractivity contribution in [2.45, 2.75) is 52.6 Å². The van der Waals surface area contributed by atoms with E-state index < -0.39 is 0 Å². The first-order chi connectivity index (χ1) is 10.6. The van der Waals surface area contributed by atoms with E-state index in [2.05, 4.69) is 29.5 Å². The quantitative estimate of drug-likeness (QED) is 0.459. The van der Waals surface area contributed by atoms with Crippen LogP contribution in [0.1, 0.15) is 38.8 Å². The van der Waals surface area contributed by atoms with Crippen molar-refractivity contribution in [2.75, 3.05) is 13.1 Å². The van der Waals surface area contributed by atoms with Crippen LogP contribution in [0.5, 0.6) is 0 Å². The number of guanidine groups is 1. The Bertz CT molecular complexity index is 564. The zero-order valence-electron chi connectivity index (χ0n) is 13.9. The Hall–Kier alpha value is -1.78. The molecule has 5 heteroatoms. The third kappa shape index (κ3) is 4.90. The van der Waals surface area contributed by atoms with E-state index in [-0.39, 0.29) is 5.56 Å². The Balaban J connectivity index is 1.74. The van der Waals surface area contributed by atoms with Crippen molar-refractivity contribution < 1.29 is 0 Å². The number of unbranched alkanes of at least 4 members (excludes halogenated alkanes) is 1. The van der Waals surface area contributed by atoms with Crippen molar-refractivity contribution in [3.05, 3.63) is 34.2 Å². The van der Waals surface area contributed by atoms with E-state index in [9.17, 15) is 4.79 Å². The molecule has 0 radical (unpaired) electrons. The Morgan fingerprint density at radius 3 is 2.82 bits per heavy atom. The monoisotopic (exact) mass is 304 g/mol. The van der Waals surface area contributed by atoms with Crippen LogP contribution in [0.2, 0.25) is 0 Å². The molecule has 122 valence electrons. The number of pyridine rings is 1. The van der Waals surface area contributed by atoms with Crippen LogP contribution in [0.4, 0.5) is 0 Å². The van der Waals surface area contributed by atoms with Crippen molar-refractivity contribution in [1.29, 1.82) is 0 Å². The molecule has 1 aliphatic rings. The molecule has 22 heavy (non-hydrogen) atoms. The van der Waals surface area contributed by atoms with Gasteiger partial charge in [-0.05, 0) is 45.1 Å². The summed E-state index contributed by atoms with van der Waals surface area (Å²) in [7, 11) is 0. The van der Waals surface area contributed by atoms with Crippen LogP contribution < -0.4 is 16.2 Å². The van der Waals surface area contributed by atoms with Crippen molar-refractivity contribution in [1.82, 2.24) is 15.2 Å². The first-order valence-electron chi connectivity index (χ1n) is 8.33. The lowest BCUT2D eigenvalue weighted by Gasteiger charge is -2.11. The lowest BCUT2D eigenvalue weighted by atomic mass is 10.3. The Labute approximate surface area is 132 Å². The molecule has 0 saturated heterocycles. The van der Waals surface area contributed by atoms with Crippen molar-refractivity contribution in [3.8, 4) is 0 Å². The molecule has 1 aromatic rings. The predicted octanol–water partition coefficient (Wildman–Crippen LogP) is 1.90. The summed E-state index contributed by atoms with van der Waals surface area (Å²) in [5.41, 5.74) is 1.11. The molecule has 0 spiro atoms. The summed E-state index contributed by atoms with van der Waals surface area (Å²) < 4.78 is 1.83. The molecule has 1 aromatic heterocycles. The number of rotatable bonds is 7. The highest BCUT2D eigenvalue weighted by Crippen LogP contribution is 2.28. The highest BCUT2D eigenvalue weighted by atomic mass is 16.1. The van der Waals surface area contributed by atoms with Gasteiger partial charge in [0.05, 0.1) is 0 Å². The minimum absolute atomic E-state index is 0.0845. The summed E-state index contributed by atoms with van der Waals surface area (Å²) in [4.78, 5) is 16.4. The molecule has 1 saturated carbocycles. The molecule has 2 unspecified atom stereocenters. The molecule has 0 bridgehead atoms. The third-order valence-electron chi connectivity index (χ3n) is 4.10. The van der Waals surface area contributed by atoms with E-state index in [0.717, 1.165) is 50.0 Å². The van der Waals surface area contributed by atoms with Gasteiger partial charge < -0.3 is 15.2 Å². The summed E-state index contributed by atoms with van der Waals surface area (Å²) in [6.45, 7) is 8.75. The number of aromatic nitrogens is 1. The van der Waals surface area contributed by atoms with E-state index in [1.807, 2.05) is 23.6 Å². The zero-order chi connectivity index (χ0) is 15.9. The van der Waals surface area contributed by atoms with Crippen molar-refractivity contribution in [2.24, 2.45) is 10.9 Å². The van der Waals surface area contributed by atoms with Gasteiger partial charge in [0.1, 0.15) is 0 Å². The van der Waals surface area contributed by atoms with Gasteiger partial charge in [-0.2, -0.15) is 0 Å². The molecule has 0 aromatic carbocycles. The number of hydrogen-bond acceptors (Lipinski definition) is 2. The average Bonchev–Trinajstić information content (AvgIpc) is 3.16. The Morgan fingerprint density at radius 2 is 2.18 bits per heavy atom. The molecule has 5 nitrogen and oxygen atoms in total. The number of nitrogens with one attached hydrogen (secondary N) is 2. The number of aryl methyl sites for hydroxylation is 1. The van der Waals surface area contributed by atoms with Crippen LogP contribution in [-0.2, 0) is 6.54 Å². The molecule has 1 aliphatic carbocycles. The lowest BCUT2D eigenvalue weighted by Crippen LogP contribution is -2.39. The molecule has 2 N–H and O–H groups in total. The molecule has 2 atom stereocenters. The molecule has 2 rings (SSSR count). The third-order valence-corrected chi connectivity index (χ3v) is 4.10. The summed E-state index contributed by atoms with van der Waals surface area (Å²) >= 11 is 0. The van der Waals surface area contributed by atoms with Gasteiger partial charge >= 0.3 is 0 Å². The fourth-order valence-electron chi connectivity index (χ4n) is 2.50. The highest BCUT2D eigenvalue weighted by Gasteiger charge is 2.33. The van der Waals surface area contributed by atoms with Crippen LogP contribution in [-0.4, -0.2) is 29.7 Å². The van der Waals surface area contributed by atoms with E-state index >= 15 is 0 Å². The Morgan fingerprint density at radius 1 is 1.41 bits per heavy atom. The zero-order valence-corrected chi connectivity index (χ0v) is 13.9. The second-order valence-corrected chi connectivity index (χ2v) is 6.09. The SMILES string of the molecule is CCNC(=NCCCCn1c(C)cccc1=O)NC1CC1C. The minimum Gasteiger partial charge on any atom is -0.357 e.